The summed E-state index contributed by atoms with van der Waals surface area (Å²) in [7, 11) is 1.96. The van der Waals surface area contributed by atoms with Crippen molar-refractivity contribution >= 4 is 11.9 Å². The van der Waals surface area contributed by atoms with E-state index in [2.05, 4.69) is 31.9 Å². The maximum absolute atomic E-state index is 13.5. The van der Waals surface area contributed by atoms with Crippen molar-refractivity contribution in [3.63, 3.8) is 0 Å². The number of carbonyl (C=O) groups is 1. The number of hydrogen-bond acceptors (Lipinski definition) is 3. The predicted molar refractivity (Wildman–Crippen MR) is 114 cm³/mol. The monoisotopic (exact) mass is 396 g/mol. The molecule has 0 radical (unpaired) electrons. The highest BCUT2D eigenvalue weighted by atomic mass is 16.3. The quantitative estimate of drug-likeness (QED) is 0.701. The Bertz CT molecular complexity index is 870. The van der Waals surface area contributed by atoms with Crippen LogP contribution in [0.4, 0.5) is 0 Å². The first-order valence-corrected chi connectivity index (χ1v) is 11.7. The van der Waals surface area contributed by atoms with Crippen LogP contribution in [0.2, 0.25) is 0 Å². The molecule has 4 aliphatic rings. The Morgan fingerprint density at radius 2 is 1.97 bits per heavy atom. The summed E-state index contributed by atoms with van der Waals surface area (Å²) in [6.45, 7) is 6.84. The van der Waals surface area contributed by atoms with Gasteiger partial charge in [-0.2, -0.15) is 5.10 Å². The number of aryl methyl sites for hydroxylation is 1. The van der Waals surface area contributed by atoms with Gasteiger partial charge in [-0.25, -0.2) is 0 Å². The lowest BCUT2D eigenvalue weighted by Crippen LogP contribution is -2.54. The number of Topliss-reactive ketones (excluding diaryl/α,β-unsaturated/α-hetero) is 1. The lowest BCUT2D eigenvalue weighted by molar-refractivity contribution is -0.141. The van der Waals surface area contributed by atoms with Gasteiger partial charge in [-0.3, -0.25) is 9.48 Å². The maximum Gasteiger partial charge on any atom is 0.165 e. The zero-order valence-corrected chi connectivity index (χ0v) is 18.4. The average Bonchev–Trinajstić information content (AvgIpc) is 3.14. The van der Waals surface area contributed by atoms with E-state index < -0.39 is 0 Å². The fraction of sp³-hybridized carbons (Fsp3) is 0.760. The van der Waals surface area contributed by atoms with Crippen molar-refractivity contribution in [1.82, 2.24) is 9.78 Å². The van der Waals surface area contributed by atoms with Crippen LogP contribution in [0.15, 0.2) is 11.8 Å². The molecule has 1 aromatic heterocycles. The molecule has 0 spiro atoms. The summed E-state index contributed by atoms with van der Waals surface area (Å²) >= 11 is 0. The number of aromatic nitrogens is 2. The molecule has 1 N–H and O–H groups in total. The zero-order chi connectivity index (χ0) is 20.6. The highest BCUT2D eigenvalue weighted by Crippen LogP contribution is 2.66. The van der Waals surface area contributed by atoms with Crippen LogP contribution >= 0.6 is 0 Å². The zero-order valence-electron chi connectivity index (χ0n) is 18.4. The van der Waals surface area contributed by atoms with Crippen molar-refractivity contribution in [2.75, 3.05) is 0 Å². The molecule has 0 saturated heterocycles. The summed E-state index contributed by atoms with van der Waals surface area (Å²) < 4.78 is 1.89. The Hall–Kier alpha value is -1.42. The normalized spacial score (nSPS) is 45.8. The van der Waals surface area contributed by atoms with Gasteiger partial charge in [-0.1, -0.05) is 13.8 Å². The molecule has 0 unspecified atom stereocenters. The minimum atomic E-state index is -0.180. The summed E-state index contributed by atoms with van der Waals surface area (Å²) in [5.74, 6) is 2.94. The Balaban J connectivity index is 1.46. The van der Waals surface area contributed by atoms with Gasteiger partial charge in [0.1, 0.15) is 0 Å². The summed E-state index contributed by atoms with van der Waals surface area (Å²) in [4.78, 5) is 13.5. The van der Waals surface area contributed by atoms with Crippen molar-refractivity contribution < 1.29 is 9.90 Å². The Morgan fingerprint density at radius 1 is 1.17 bits per heavy atom. The number of aliphatic hydroxyl groups excluding tert-OH is 1. The number of aliphatic hydroxyl groups is 1. The van der Waals surface area contributed by atoms with Gasteiger partial charge in [0.05, 0.1) is 12.3 Å². The second-order valence-corrected chi connectivity index (χ2v) is 11.1. The fourth-order valence-corrected chi connectivity index (χ4v) is 7.88. The highest BCUT2D eigenvalue weighted by molar-refractivity contribution is 6.06. The van der Waals surface area contributed by atoms with Gasteiger partial charge in [0.25, 0.3) is 0 Å². The fourth-order valence-electron chi connectivity index (χ4n) is 7.88. The van der Waals surface area contributed by atoms with Gasteiger partial charge >= 0.3 is 0 Å². The third kappa shape index (κ3) is 2.74. The molecular weight excluding hydrogens is 360 g/mol. The second-order valence-electron chi connectivity index (χ2n) is 11.1. The van der Waals surface area contributed by atoms with Gasteiger partial charge in [0, 0.05) is 23.7 Å². The molecule has 4 saturated carbocycles. The number of ketones is 1. The van der Waals surface area contributed by atoms with Crippen LogP contribution < -0.4 is 0 Å². The molecule has 4 aliphatic carbocycles. The molecule has 0 amide bonds. The third-order valence-electron chi connectivity index (χ3n) is 9.88. The lowest BCUT2D eigenvalue weighted by Gasteiger charge is -2.59. The average molecular weight is 397 g/mol. The first-order chi connectivity index (χ1) is 13.7. The van der Waals surface area contributed by atoms with Crippen LogP contribution in [0.25, 0.3) is 6.08 Å². The van der Waals surface area contributed by atoms with Gasteiger partial charge in [0.2, 0.25) is 0 Å². The largest absolute Gasteiger partial charge is 0.393 e. The first-order valence-electron chi connectivity index (χ1n) is 11.7. The van der Waals surface area contributed by atoms with Crippen molar-refractivity contribution in [1.29, 1.82) is 0 Å². The van der Waals surface area contributed by atoms with Crippen molar-refractivity contribution in [3.8, 4) is 0 Å². The van der Waals surface area contributed by atoms with E-state index >= 15 is 0 Å². The Morgan fingerprint density at radius 3 is 2.69 bits per heavy atom. The molecule has 5 rings (SSSR count). The van der Waals surface area contributed by atoms with Crippen LogP contribution in [0, 0.1) is 41.4 Å². The predicted octanol–water partition coefficient (Wildman–Crippen LogP) is 4.69. The van der Waals surface area contributed by atoms with Gasteiger partial charge in [-0.05, 0) is 99.0 Å². The summed E-state index contributed by atoms with van der Waals surface area (Å²) in [6.07, 6.45) is 12.7. The number of nitrogens with zero attached hydrogens (tertiary/aromatic N) is 2. The van der Waals surface area contributed by atoms with Crippen LogP contribution in [-0.2, 0) is 11.8 Å². The summed E-state index contributed by atoms with van der Waals surface area (Å²) in [5, 5.41) is 14.6. The van der Waals surface area contributed by atoms with E-state index in [1.807, 2.05) is 17.9 Å². The molecule has 4 fully saturated rings. The summed E-state index contributed by atoms with van der Waals surface area (Å²) in [5.41, 5.74) is 3.42. The number of allylic oxidation sites excluding steroid dienone is 1. The molecule has 4 nitrogen and oxygen atoms in total. The molecule has 1 aromatic rings. The van der Waals surface area contributed by atoms with Crippen LogP contribution in [0.3, 0.4) is 0 Å². The standard InChI is InChI=1S/C25H36N2O2/c1-15-17(14-26-27(15)4)11-16-12-22-20-6-5-18-13-19(28)7-9-24(18,2)21(20)8-10-25(22,3)23(16)29/h11,14,18-22,28H,5-10,12-13H2,1-4H3/b16-11+/t18-,19-,20-,21+,22+,24-,25-/m0/s1. The molecule has 0 aliphatic heterocycles. The highest BCUT2D eigenvalue weighted by Gasteiger charge is 2.61. The minimum Gasteiger partial charge on any atom is -0.393 e. The van der Waals surface area contributed by atoms with E-state index in [-0.39, 0.29) is 11.5 Å². The van der Waals surface area contributed by atoms with E-state index in [1.165, 1.54) is 19.3 Å². The molecule has 0 bridgehead atoms. The number of carbonyl (C=O) groups excluding carboxylic acids is 1. The van der Waals surface area contributed by atoms with Gasteiger partial charge in [0.15, 0.2) is 5.78 Å². The topological polar surface area (TPSA) is 55.1 Å². The number of fused-ring (bicyclic) bond motifs is 5. The van der Waals surface area contributed by atoms with E-state index in [0.29, 0.717) is 29.0 Å². The minimum absolute atomic E-state index is 0.0937. The summed E-state index contributed by atoms with van der Waals surface area (Å²) in [6, 6.07) is 0. The molecular formula is C25H36N2O2. The van der Waals surface area contributed by atoms with Gasteiger partial charge < -0.3 is 5.11 Å². The van der Waals surface area contributed by atoms with Crippen molar-refractivity contribution in [3.05, 3.63) is 23.0 Å². The van der Waals surface area contributed by atoms with E-state index in [4.69, 9.17) is 0 Å². The smallest absolute Gasteiger partial charge is 0.165 e. The second kappa shape index (κ2) is 6.54. The van der Waals surface area contributed by atoms with Crippen molar-refractivity contribution in [2.24, 2.45) is 41.5 Å². The maximum atomic E-state index is 13.5. The number of rotatable bonds is 1. The molecule has 7 atom stereocenters. The van der Waals surface area contributed by atoms with E-state index in [1.54, 1.807) is 0 Å². The Kier molecular flexibility index (Phi) is 4.40. The molecule has 1 heterocycles. The molecule has 4 heteroatoms. The van der Waals surface area contributed by atoms with Gasteiger partial charge in [-0.15, -0.1) is 0 Å². The van der Waals surface area contributed by atoms with E-state index in [9.17, 15) is 9.90 Å². The Labute approximate surface area is 174 Å². The van der Waals surface area contributed by atoms with Crippen molar-refractivity contribution in [2.45, 2.75) is 78.2 Å². The SMILES string of the molecule is Cc1c(/C=C2\C[C@@H]3[C@H]4CC[C@H]5C[C@@H](O)CC[C@]5(C)[C@@H]4CC[C@]3(C)C2=O)cnn1C. The van der Waals surface area contributed by atoms with Crippen LogP contribution in [0.1, 0.15) is 76.5 Å². The van der Waals surface area contributed by atoms with Crippen LogP contribution in [0.5, 0.6) is 0 Å². The lowest BCUT2D eigenvalue weighted by atomic mass is 9.45. The number of hydrogen-bond donors (Lipinski definition) is 1. The molecule has 0 aromatic carbocycles. The van der Waals surface area contributed by atoms with Crippen LogP contribution in [-0.4, -0.2) is 26.8 Å². The molecule has 158 valence electrons. The first kappa shape index (κ1) is 19.5. The molecule has 29 heavy (non-hydrogen) atoms. The third-order valence-corrected chi connectivity index (χ3v) is 9.88. The van der Waals surface area contributed by atoms with E-state index in [0.717, 1.165) is 54.9 Å².